The van der Waals surface area contributed by atoms with Gasteiger partial charge >= 0.3 is 0 Å². The van der Waals surface area contributed by atoms with Crippen molar-refractivity contribution in [1.82, 2.24) is 16.0 Å². The van der Waals surface area contributed by atoms with Gasteiger partial charge in [0.15, 0.2) is 0 Å². The van der Waals surface area contributed by atoms with E-state index >= 15 is 0 Å². The van der Waals surface area contributed by atoms with E-state index < -0.39 is 18.0 Å². The van der Waals surface area contributed by atoms with E-state index in [0.717, 1.165) is 0 Å². The zero-order valence-corrected chi connectivity index (χ0v) is 14.5. The summed E-state index contributed by atoms with van der Waals surface area (Å²) in [6.45, 7) is 6.34. The molecule has 0 radical (unpaired) electrons. The van der Waals surface area contributed by atoms with Gasteiger partial charge in [0.05, 0.1) is 19.8 Å². The van der Waals surface area contributed by atoms with Crippen LogP contribution in [0.3, 0.4) is 0 Å². The van der Waals surface area contributed by atoms with Crippen LogP contribution in [0.4, 0.5) is 0 Å². The Labute approximate surface area is 143 Å². The molecule has 0 aromatic heterocycles. The summed E-state index contributed by atoms with van der Waals surface area (Å²) in [6.07, 6.45) is 5.46. The molecule has 0 unspecified atom stereocenters. The molecule has 0 saturated heterocycles. The van der Waals surface area contributed by atoms with Crippen LogP contribution in [-0.4, -0.2) is 62.8 Å². The molecule has 0 heterocycles. The summed E-state index contributed by atoms with van der Waals surface area (Å²) in [5.74, 6) is 1.33. The van der Waals surface area contributed by atoms with Gasteiger partial charge in [-0.25, -0.2) is 0 Å². The fraction of sp³-hybridized carbons (Fsp3) is 0.688. The molecule has 3 N–H and O–H groups in total. The number of ether oxygens (including phenoxy) is 2. The van der Waals surface area contributed by atoms with E-state index in [1.54, 1.807) is 13.8 Å². The van der Waals surface area contributed by atoms with Crippen LogP contribution >= 0.6 is 0 Å². The first-order valence-corrected chi connectivity index (χ1v) is 7.86. The summed E-state index contributed by atoms with van der Waals surface area (Å²) in [6, 6.07) is -1.36. The smallest absolute Gasteiger partial charge is 0.242 e. The van der Waals surface area contributed by atoms with Gasteiger partial charge in [-0.05, 0) is 13.3 Å². The molecule has 3 amide bonds. The first kappa shape index (κ1) is 21.9. The number of nitrogens with one attached hydrogen (secondary N) is 3. The molecule has 8 nitrogen and oxygen atoms in total. The minimum atomic E-state index is -0.698. The van der Waals surface area contributed by atoms with Gasteiger partial charge in [0.2, 0.25) is 17.7 Å². The average Bonchev–Trinajstić information content (AvgIpc) is 2.53. The fourth-order valence-corrected chi connectivity index (χ4v) is 1.74. The van der Waals surface area contributed by atoms with E-state index in [1.165, 1.54) is 6.92 Å². The Balaban J connectivity index is 3.98. The second-order valence-corrected chi connectivity index (χ2v) is 5.05. The lowest BCUT2D eigenvalue weighted by molar-refractivity contribution is -0.131. The minimum Gasteiger partial charge on any atom is -0.377 e. The van der Waals surface area contributed by atoms with Gasteiger partial charge in [0.1, 0.15) is 18.7 Å². The Morgan fingerprint density at radius 3 is 2.33 bits per heavy atom. The van der Waals surface area contributed by atoms with Crippen molar-refractivity contribution >= 4 is 17.7 Å². The zero-order chi connectivity index (χ0) is 18.4. The molecule has 0 rings (SSSR count). The van der Waals surface area contributed by atoms with Crippen LogP contribution in [-0.2, 0) is 23.9 Å². The number of carbonyl (C=O) groups excluding carboxylic acids is 3. The van der Waals surface area contributed by atoms with Crippen LogP contribution < -0.4 is 16.0 Å². The van der Waals surface area contributed by atoms with Crippen molar-refractivity contribution in [3.05, 3.63) is 0 Å². The Bertz CT molecular complexity index is 447. The normalized spacial score (nSPS) is 12.6. The molecule has 2 atom stereocenters. The molecule has 0 fully saturated rings. The minimum absolute atomic E-state index is 0.245. The first-order chi connectivity index (χ1) is 11.4. The lowest BCUT2D eigenvalue weighted by Gasteiger charge is -2.19. The number of amides is 3. The molecule has 8 heteroatoms. The number of rotatable bonds is 12. The zero-order valence-electron chi connectivity index (χ0n) is 14.5. The van der Waals surface area contributed by atoms with Crippen molar-refractivity contribution in [3.63, 3.8) is 0 Å². The van der Waals surface area contributed by atoms with Crippen molar-refractivity contribution in [1.29, 1.82) is 0 Å². The second kappa shape index (κ2) is 13.3. The van der Waals surface area contributed by atoms with Crippen molar-refractivity contribution in [2.24, 2.45) is 0 Å². The maximum absolute atomic E-state index is 12.0. The SMILES string of the molecule is C#CCOCCOCCNC(=O)[C@@H](CC)NC(=O)[C@H](C)NC(C)=O. The van der Waals surface area contributed by atoms with Gasteiger partial charge < -0.3 is 25.4 Å². The van der Waals surface area contributed by atoms with Gasteiger partial charge in [-0.15, -0.1) is 6.42 Å². The molecular formula is C16H27N3O5. The predicted octanol–water partition coefficient (Wildman–Crippen LogP) is -0.812. The molecule has 136 valence electrons. The summed E-state index contributed by atoms with van der Waals surface area (Å²) < 4.78 is 10.3. The highest BCUT2D eigenvalue weighted by molar-refractivity contribution is 5.91. The average molecular weight is 341 g/mol. The van der Waals surface area contributed by atoms with E-state index in [-0.39, 0.29) is 18.4 Å². The number of hydrogen-bond acceptors (Lipinski definition) is 5. The molecule has 0 aliphatic carbocycles. The topological polar surface area (TPSA) is 106 Å². The fourth-order valence-electron chi connectivity index (χ4n) is 1.74. The Kier molecular flexibility index (Phi) is 12.2. The monoisotopic (exact) mass is 341 g/mol. The molecule has 0 saturated carbocycles. The predicted molar refractivity (Wildman–Crippen MR) is 89.0 cm³/mol. The second-order valence-electron chi connectivity index (χ2n) is 5.05. The number of hydrogen-bond donors (Lipinski definition) is 3. The van der Waals surface area contributed by atoms with Gasteiger partial charge in [0, 0.05) is 13.5 Å². The van der Waals surface area contributed by atoms with Crippen molar-refractivity contribution in [2.45, 2.75) is 39.3 Å². The lowest BCUT2D eigenvalue weighted by atomic mass is 10.2. The molecule has 0 bridgehead atoms. The summed E-state index contributed by atoms with van der Waals surface area (Å²) in [4.78, 5) is 34.8. The van der Waals surface area contributed by atoms with Crippen LogP contribution in [0.2, 0.25) is 0 Å². The highest BCUT2D eigenvalue weighted by Gasteiger charge is 2.21. The van der Waals surface area contributed by atoms with E-state index in [4.69, 9.17) is 15.9 Å². The molecule has 0 aliphatic heterocycles. The van der Waals surface area contributed by atoms with E-state index in [2.05, 4.69) is 21.9 Å². The largest absolute Gasteiger partial charge is 0.377 e. The van der Waals surface area contributed by atoms with Gasteiger partial charge in [-0.3, -0.25) is 14.4 Å². The summed E-state index contributed by atoms with van der Waals surface area (Å²) >= 11 is 0. The Morgan fingerprint density at radius 1 is 1.08 bits per heavy atom. The molecule has 0 aromatic rings. The van der Waals surface area contributed by atoms with Crippen LogP contribution in [0, 0.1) is 12.3 Å². The maximum Gasteiger partial charge on any atom is 0.242 e. The third-order valence-corrected chi connectivity index (χ3v) is 2.96. The van der Waals surface area contributed by atoms with Crippen molar-refractivity contribution in [2.75, 3.05) is 33.0 Å². The van der Waals surface area contributed by atoms with Crippen LogP contribution in [0.25, 0.3) is 0 Å². The number of carbonyl (C=O) groups is 3. The maximum atomic E-state index is 12.0. The third-order valence-electron chi connectivity index (χ3n) is 2.96. The van der Waals surface area contributed by atoms with E-state index in [1.807, 2.05) is 0 Å². The summed E-state index contributed by atoms with van der Waals surface area (Å²) in [7, 11) is 0. The molecule has 0 aliphatic rings. The summed E-state index contributed by atoms with van der Waals surface area (Å²) in [5.41, 5.74) is 0. The third kappa shape index (κ3) is 10.6. The molecular weight excluding hydrogens is 314 g/mol. The van der Waals surface area contributed by atoms with Gasteiger partial charge in [-0.1, -0.05) is 12.8 Å². The quantitative estimate of drug-likeness (QED) is 0.318. The first-order valence-electron chi connectivity index (χ1n) is 7.86. The molecule has 0 aromatic carbocycles. The highest BCUT2D eigenvalue weighted by atomic mass is 16.5. The summed E-state index contributed by atoms with van der Waals surface area (Å²) in [5, 5.41) is 7.75. The van der Waals surface area contributed by atoms with Gasteiger partial charge in [0.25, 0.3) is 0 Å². The molecule has 24 heavy (non-hydrogen) atoms. The standard InChI is InChI=1S/C16H27N3O5/c1-5-8-23-10-11-24-9-7-17-16(22)14(6-2)19-15(21)12(3)18-13(4)20/h1,12,14H,6-11H2,2-4H3,(H,17,22)(H,18,20)(H,19,21)/t12-,14+/m0/s1. The van der Waals surface area contributed by atoms with Crippen LogP contribution in [0.1, 0.15) is 27.2 Å². The van der Waals surface area contributed by atoms with Gasteiger partial charge in [-0.2, -0.15) is 0 Å². The lowest BCUT2D eigenvalue weighted by Crippen LogP contribution is -2.52. The molecule has 0 spiro atoms. The van der Waals surface area contributed by atoms with E-state index in [0.29, 0.717) is 32.8 Å². The Hall–Kier alpha value is -2.11. The van der Waals surface area contributed by atoms with Crippen molar-refractivity contribution in [3.8, 4) is 12.3 Å². The van der Waals surface area contributed by atoms with Crippen LogP contribution in [0.15, 0.2) is 0 Å². The van der Waals surface area contributed by atoms with Crippen molar-refractivity contribution < 1.29 is 23.9 Å². The van der Waals surface area contributed by atoms with Crippen LogP contribution in [0.5, 0.6) is 0 Å². The van der Waals surface area contributed by atoms with E-state index in [9.17, 15) is 14.4 Å². The Morgan fingerprint density at radius 2 is 1.75 bits per heavy atom. The highest BCUT2D eigenvalue weighted by Crippen LogP contribution is 1.93. The number of terminal acetylenes is 1.